The van der Waals surface area contributed by atoms with Gasteiger partial charge in [0.05, 0.1) is 32.5 Å². The summed E-state index contributed by atoms with van der Waals surface area (Å²) in [6.45, 7) is -0.543. The van der Waals surface area contributed by atoms with Crippen LogP contribution in [0.1, 0.15) is 44.9 Å². The van der Waals surface area contributed by atoms with Crippen LogP contribution in [0.3, 0.4) is 0 Å². The average Bonchev–Trinajstić information content (AvgIpc) is 3.17. The molecule has 0 aromatic rings. The van der Waals surface area contributed by atoms with Gasteiger partial charge in [-0.2, -0.15) is 0 Å². The van der Waals surface area contributed by atoms with Crippen LogP contribution in [-0.2, 0) is 38.0 Å². The first-order valence-corrected chi connectivity index (χ1v) is 18.7. The van der Waals surface area contributed by atoms with Crippen LogP contribution in [0.4, 0.5) is 0 Å². The Hall–Kier alpha value is -1.62. The van der Waals surface area contributed by atoms with Crippen LogP contribution in [0.15, 0.2) is 0 Å². The van der Waals surface area contributed by atoms with Crippen molar-refractivity contribution in [2.75, 3.05) is 53.1 Å². The first-order chi connectivity index (χ1) is 26.3. The molecule has 22 nitrogen and oxygen atoms in total. The van der Waals surface area contributed by atoms with E-state index in [4.69, 9.17) is 34.2 Å². The van der Waals surface area contributed by atoms with Crippen molar-refractivity contribution in [1.82, 2.24) is 15.8 Å². The standard InChI is InChI=1S/C33H62N4O18/c1-37(10-6-2-3-8-21(41)36-35-17(13-38)7-4-5-9-34)11-12-50-32-29(49)30(55-33-28(48)26(46)23(43)19(15-40)53-33)24(44)20(54-32)16-51-31-27(47)25(45)22(42)18(14-39)52-31/h13,17-20,22-33,35,39-40,42-49H,2-12,14-16,34H2,1H3,(H,36,41)/t17-,18+,19+,20+,22+,23+,24+,25-,26-,27-,28-,29-,30-,31-,32-,33+/m0/s1. The topological polar surface area (TPSA) is 345 Å². The molecule has 0 unspecified atom stereocenters. The fraction of sp³-hybridized carbons (Fsp3) is 0.939. The van der Waals surface area contributed by atoms with Gasteiger partial charge in [0.2, 0.25) is 5.91 Å². The molecule has 0 radical (unpaired) electrons. The van der Waals surface area contributed by atoms with E-state index in [2.05, 4.69) is 10.9 Å². The molecular weight excluding hydrogens is 740 g/mol. The van der Waals surface area contributed by atoms with E-state index in [0.29, 0.717) is 32.5 Å². The highest BCUT2D eigenvalue weighted by Gasteiger charge is 2.52. The number of aldehydes is 1. The largest absolute Gasteiger partial charge is 0.394 e. The van der Waals surface area contributed by atoms with E-state index in [1.54, 1.807) is 0 Å². The van der Waals surface area contributed by atoms with Crippen molar-refractivity contribution in [3.05, 3.63) is 0 Å². The zero-order chi connectivity index (χ0) is 40.7. The number of likely N-dealkylation sites (N-methyl/N-ethyl adjacent to an activating group) is 1. The molecule has 3 saturated heterocycles. The summed E-state index contributed by atoms with van der Waals surface area (Å²) in [5.41, 5.74) is 10.8. The number of amides is 1. The van der Waals surface area contributed by atoms with E-state index in [9.17, 15) is 60.7 Å². The number of unbranched alkanes of at least 4 members (excludes halogenated alkanes) is 3. The number of carbonyl (C=O) groups excluding carboxylic acids is 2. The molecule has 3 rings (SSSR count). The SMILES string of the molecule is CN(CCCCCC(=O)NN[C@H](C=O)CCCCN)CCO[C@H]1O[C@H](CO[C@H]2O[C@H](CO)[C@@H](O)[C@H](O)[C@@H]2O)[C@@H](O)[C@H](O[C@H]2O[C@H](CO)[C@@H](O)[C@H](O)[C@@H]2O)[C@@H]1O. The van der Waals surface area contributed by atoms with Gasteiger partial charge in [0.1, 0.15) is 79.5 Å². The molecule has 0 spiro atoms. The molecule has 0 saturated carbocycles. The third-order valence-corrected chi connectivity index (χ3v) is 9.78. The van der Waals surface area contributed by atoms with Crippen molar-refractivity contribution >= 4 is 12.2 Å². The van der Waals surface area contributed by atoms with Gasteiger partial charge >= 0.3 is 0 Å². The quantitative estimate of drug-likeness (QED) is 0.0245. The van der Waals surface area contributed by atoms with Crippen molar-refractivity contribution in [3.8, 4) is 0 Å². The molecule has 1 amide bonds. The number of rotatable bonds is 24. The number of hydrogen-bond donors (Lipinski definition) is 13. The van der Waals surface area contributed by atoms with Gasteiger partial charge in [0, 0.05) is 13.0 Å². The molecule has 16 atom stereocenters. The minimum Gasteiger partial charge on any atom is -0.394 e. The Morgan fingerprint density at radius 1 is 0.727 bits per heavy atom. The summed E-state index contributed by atoms with van der Waals surface area (Å²) in [5.74, 6) is -0.227. The number of carbonyl (C=O) groups is 2. The number of ether oxygens (including phenoxy) is 6. The Bertz CT molecular complexity index is 1100. The fourth-order valence-corrected chi connectivity index (χ4v) is 6.27. The van der Waals surface area contributed by atoms with E-state index >= 15 is 0 Å². The van der Waals surface area contributed by atoms with Gasteiger partial charge in [-0.3, -0.25) is 10.2 Å². The Morgan fingerprint density at radius 3 is 1.95 bits per heavy atom. The van der Waals surface area contributed by atoms with E-state index in [-0.39, 0.29) is 18.9 Å². The van der Waals surface area contributed by atoms with Crippen molar-refractivity contribution in [1.29, 1.82) is 0 Å². The monoisotopic (exact) mass is 802 g/mol. The van der Waals surface area contributed by atoms with Crippen LogP contribution in [0.5, 0.6) is 0 Å². The fourth-order valence-electron chi connectivity index (χ4n) is 6.27. The van der Waals surface area contributed by atoms with Crippen LogP contribution in [-0.4, -0.2) is 219 Å². The van der Waals surface area contributed by atoms with Crippen LogP contribution in [0.25, 0.3) is 0 Å². The number of aliphatic hydroxyl groups is 10. The zero-order valence-electron chi connectivity index (χ0n) is 31.0. The summed E-state index contributed by atoms with van der Waals surface area (Å²) in [5, 5.41) is 103. The lowest BCUT2D eigenvalue weighted by molar-refractivity contribution is -0.366. The van der Waals surface area contributed by atoms with E-state index in [1.165, 1.54) is 0 Å². The molecule has 3 heterocycles. The number of nitrogens with one attached hydrogen (secondary N) is 2. The highest BCUT2D eigenvalue weighted by molar-refractivity contribution is 5.75. The average molecular weight is 803 g/mol. The lowest BCUT2D eigenvalue weighted by Crippen LogP contribution is -2.65. The molecule has 3 aliphatic heterocycles. The normalized spacial score (nSPS) is 37.5. The molecular formula is C33H62N4O18. The Morgan fingerprint density at radius 2 is 1.33 bits per heavy atom. The van der Waals surface area contributed by atoms with Crippen molar-refractivity contribution in [2.45, 2.75) is 143 Å². The van der Waals surface area contributed by atoms with Gasteiger partial charge in [0.15, 0.2) is 18.9 Å². The van der Waals surface area contributed by atoms with Crippen LogP contribution in [0.2, 0.25) is 0 Å². The summed E-state index contributed by atoms with van der Waals surface area (Å²) in [7, 11) is 1.83. The van der Waals surface area contributed by atoms with Crippen LogP contribution >= 0.6 is 0 Å². The molecule has 55 heavy (non-hydrogen) atoms. The second-order valence-corrected chi connectivity index (χ2v) is 14.1. The second-order valence-electron chi connectivity index (χ2n) is 14.1. The molecule has 322 valence electrons. The van der Waals surface area contributed by atoms with E-state index < -0.39 is 118 Å². The molecule has 14 N–H and O–H groups in total. The molecule has 0 aromatic heterocycles. The second kappa shape index (κ2) is 24.3. The lowest BCUT2D eigenvalue weighted by atomic mass is 9.96. The summed E-state index contributed by atoms with van der Waals surface area (Å²) in [4.78, 5) is 25.3. The number of aliphatic hydroxyl groups excluding tert-OH is 10. The minimum absolute atomic E-state index is 0.00136. The smallest absolute Gasteiger partial charge is 0.234 e. The van der Waals surface area contributed by atoms with Crippen LogP contribution < -0.4 is 16.6 Å². The summed E-state index contributed by atoms with van der Waals surface area (Å²) in [6.07, 6.45) is -19.3. The molecule has 3 aliphatic rings. The Labute approximate surface area is 319 Å². The lowest BCUT2D eigenvalue weighted by Gasteiger charge is -2.46. The molecule has 0 aromatic carbocycles. The van der Waals surface area contributed by atoms with Gasteiger partial charge in [-0.05, 0) is 45.8 Å². The first-order valence-electron chi connectivity index (χ1n) is 18.7. The van der Waals surface area contributed by atoms with Gasteiger partial charge in [0.25, 0.3) is 0 Å². The van der Waals surface area contributed by atoms with Crippen LogP contribution in [0, 0.1) is 0 Å². The van der Waals surface area contributed by atoms with Gasteiger partial charge in [-0.25, -0.2) is 5.43 Å². The number of hydrazine groups is 1. The molecule has 0 bridgehead atoms. The highest BCUT2D eigenvalue weighted by Crippen LogP contribution is 2.31. The van der Waals surface area contributed by atoms with Gasteiger partial charge in [-0.15, -0.1) is 0 Å². The predicted molar refractivity (Wildman–Crippen MR) is 185 cm³/mol. The van der Waals surface area contributed by atoms with Gasteiger partial charge < -0.3 is 94.9 Å². The van der Waals surface area contributed by atoms with E-state index in [1.807, 2.05) is 11.9 Å². The molecule has 3 fully saturated rings. The summed E-state index contributed by atoms with van der Waals surface area (Å²) < 4.78 is 33.6. The highest BCUT2D eigenvalue weighted by atomic mass is 16.7. The number of hydrogen-bond acceptors (Lipinski definition) is 21. The third kappa shape index (κ3) is 14.0. The van der Waals surface area contributed by atoms with Crippen molar-refractivity contribution in [3.63, 3.8) is 0 Å². The number of nitrogens with two attached hydrogens (primary N) is 1. The molecule has 22 heteroatoms. The summed E-state index contributed by atoms with van der Waals surface area (Å²) >= 11 is 0. The summed E-state index contributed by atoms with van der Waals surface area (Å²) in [6, 6.07) is -0.479. The minimum atomic E-state index is -1.87. The Kier molecular flexibility index (Phi) is 21.1. The molecule has 0 aliphatic carbocycles. The van der Waals surface area contributed by atoms with Gasteiger partial charge in [-0.1, -0.05) is 12.8 Å². The number of nitrogens with zero attached hydrogens (tertiary/aromatic N) is 1. The maximum atomic E-state index is 12.1. The van der Waals surface area contributed by atoms with E-state index in [0.717, 1.165) is 32.0 Å². The predicted octanol–water partition coefficient (Wildman–Crippen LogP) is -6.74. The first kappa shape index (κ1) is 47.8. The third-order valence-electron chi connectivity index (χ3n) is 9.78. The van der Waals surface area contributed by atoms with Crippen molar-refractivity contribution < 1.29 is 89.1 Å². The maximum Gasteiger partial charge on any atom is 0.234 e. The zero-order valence-corrected chi connectivity index (χ0v) is 31.0. The van der Waals surface area contributed by atoms with Crippen molar-refractivity contribution in [2.24, 2.45) is 5.73 Å². The maximum absolute atomic E-state index is 12.1. The Balaban J connectivity index is 1.53.